The number of carboxylic acids is 1. The van der Waals surface area contributed by atoms with Gasteiger partial charge in [0.25, 0.3) is 6.29 Å². The van der Waals surface area contributed by atoms with Crippen LogP contribution in [0.4, 0.5) is 0 Å². The lowest BCUT2D eigenvalue weighted by molar-refractivity contribution is -0.870. The van der Waals surface area contributed by atoms with Gasteiger partial charge in [0.1, 0.15) is 13.2 Å². The van der Waals surface area contributed by atoms with Gasteiger partial charge in [0.05, 0.1) is 34.4 Å². The Hall–Kier alpha value is -3.53. The van der Waals surface area contributed by atoms with Gasteiger partial charge in [-0.15, -0.1) is 0 Å². The van der Waals surface area contributed by atoms with Gasteiger partial charge < -0.3 is 28.5 Å². The molecule has 88 heavy (non-hydrogen) atoms. The van der Waals surface area contributed by atoms with Crippen molar-refractivity contribution in [3.8, 4) is 0 Å². The Balaban J connectivity index is 4.04. The summed E-state index contributed by atoms with van der Waals surface area (Å²) in [7, 11) is 5.97. The maximum Gasteiger partial charge on any atom is 0.361 e. The topological polar surface area (TPSA) is 108 Å². The summed E-state index contributed by atoms with van der Waals surface area (Å²) in [5.74, 6) is -2.04. The molecule has 0 saturated heterocycles. The fraction of sp³-hybridized carbons (Fsp3) is 0.785. The molecule has 0 aliphatic heterocycles. The number of carbonyl (C=O) groups is 3. The Morgan fingerprint density at radius 3 is 0.966 bits per heavy atom. The molecular formula is C79H142NO8+. The van der Waals surface area contributed by atoms with E-state index < -0.39 is 24.3 Å². The third-order valence-electron chi connectivity index (χ3n) is 16.4. The lowest BCUT2D eigenvalue weighted by atomic mass is 10.0. The number of hydrogen-bond donors (Lipinski definition) is 1. The zero-order chi connectivity index (χ0) is 64.0. The van der Waals surface area contributed by atoms with Crippen LogP contribution in [-0.2, 0) is 33.3 Å². The Labute approximate surface area is 544 Å². The van der Waals surface area contributed by atoms with Crippen molar-refractivity contribution < 1.29 is 42.9 Å². The monoisotopic (exact) mass is 1230 g/mol. The molecule has 2 atom stereocenters. The van der Waals surface area contributed by atoms with Gasteiger partial charge in [-0.25, -0.2) is 4.79 Å². The van der Waals surface area contributed by atoms with Crippen LogP contribution in [0.1, 0.15) is 341 Å². The molecular weight excluding hydrogens is 1090 g/mol. The highest BCUT2D eigenvalue weighted by molar-refractivity contribution is 5.71. The molecule has 9 nitrogen and oxygen atoms in total. The van der Waals surface area contributed by atoms with Crippen LogP contribution in [0.3, 0.4) is 0 Å². The molecule has 0 fully saturated rings. The first-order chi connectivity index (χ1) is 43.1. The fourth-order valence-electron chi connectivity index (χ4n) is 10.8. The van der Waals surface area contributed by atoms with Gasteiger partial charge in [-0.05, 0) is 70.6 Å². The first-order valence-corrected chi connectivity index (χ1v) is 37.3. The number of unbranched alkanes of at least 4 members (excludes halogenated alkanes) is 40. The van der Waals surface area contributed by atoms with Crippen molar-refractivity contribution in [2.24, 2.45) is 0 Å². The predicted octanol–water partition coefficient (Wildman–Crippen LogP) is 23.4. The molecule has 0 radical (unpaired) electrons. The van der Waals surface area contributed by atoms with Crippen LogP contribution in [0.2, 0.25) is 0 Å². The molecule has 0 saturated carbocycles. The van der Waals surface area contributed by atoms with Crippen LogP contribution < -0.4 is 0 Å². The summed E-state index contributed by atoms with van der Waals surface area (Å²) in [6.07, 6.45) is 91.7. The smallest absolute Gasteiger partial charge is 0.361 e. The summed E-state index contributed by atoms with van der Waals surface area (Å²) >= 11 is 0. The van der Waals surface area contributed by atoms with Gasteiger partial charge in [-0.1, -0.05) is 343 Å². The molecule has 9 heteroatoms. The largest absolute Gasteiger partial charge is 0.477 e. The number of hydrogen-bond acceptors (Lipinski definition) is 7. The van der Waals surface area contributed by atoms with Crippen molar-refractivity contribution in [3.05, 3.63) is 85.1 Å². The van der Waals surface area contributed by atoms with Crippen molar-refractivity contribution in [1.29, 1.82) is 0 Å². The van der Waals surface area contributed by atoms with E-state index in [1.54, 1.807) is 0 Å². The zero-order valence-corrected chi connectivity index (χ0v) is 58.4. The van der Waals surface area contributed by atoms with Gasteiger partial charge in [-0.3, -0.25) is 9.59 Å². The first-order valence-electron chi connectivity index (χ1n) is 37.3. The first kappa shape index (κ1) is 84.5. The molecule has 0 aliphatic carbocycles. The van der Waals surface area contributed by atoms with Crippen LogP contribution in [0, 0.1) is 0 Å². The molecule has 0 amide bonds. The summed E-state index contributed by atoms with van der Waals surface area (Å²) in [4.78, 5) is 37.6. The lowest BCUT2D eigenvalue weighted by Gasteiger charge is -2.25. The lowest BCUT2D eigenvalue weighted by Crippen LogP contribution is -2.40. The second-order valence-electron chi connectivity index (χ2n) is 26.2. The van der Waals surface area contributed by atoms with Crippen molar-refractivity contribution in [2.75, 3.05) is 47.5 Å². The van der Waals surface area contributed by atoms with Crippen LogP contribution in [0.25, 0.3) is 0 Å². The molecule has 1 N–H and O–H groups in total. The SMILES string of the molecule is CC/C=C\C/C=C\C/C=C\C/C=C\C/C=C\C/C=C\C/C=C\CCCCCC(=O)OC(COC(=O)CCCCCCCCCCCCCCCCCCCCCCCCCCCCCCCCCCCCCCCC)COC(OCC[N+](C)(C)C)C(=O)O. The van der Waals surface area contributed by atoms with E-state index in [9.17, 15) is 19.5 Å². The number of esters is 2. The summed E-state index contributed by atoms with van der Waals surface area (Å²) in [6.45, 7) is 4.76. The number of carbonyl (C=O) groups excluding carboxylic acids is 2. The van der Waals surface area contributed by atoms with E-state index in [4.69, 9.17) is 18.9 Å². The highest BCUT2D eigenvalue weighted by atomic mass is 16.7. The predicted molar refractivity (Wildman–Crippen MR) is 378 cm³/mol. The molecule has 0 aromatic rings. The Bertz CT molecular complexity index is 1720. The summed E-state index contributed by atoms with van der Waals surface area (Å²) in [5, 5.41) is 9.75. The van der Waals surface area contributed by atoms with Crippen LogP contribution in [0.15, 0.2) is 85.1 Å². The minimum absolute atomic E-state index is 0.178. The quantitative estimate of drug-likeness (QED) is 0.0211. The number of rotatable bonds is 69. The minimum atomic E-state index is -1.52. The molecule has 0 bridgehead atoms. The summed E-state index contributed by atoms with van der Waals surface area (Å²) in [6, 6.07) is 0. The standard InChI is InChI=1S/C79H141NO8/c1-6-8-10-12-14-16-18-20-22-24-26-28-30-32-33-34-35-36-37-38-39-40-41-42-43-44-46-47-49-51-53-55-57-59-61-63-65-67-69-76(81)86-73-75(74-87-79(78(83)84)85-72-71-80(3,4)5)88-77(82)70-68-66-64-62-60-58-56-54-52-50-48-45-31-29-27-25-23-21-19-17-15-13-11-9-7-2/h9,11,15,17,21,23,27,29,45,48,52,54,58,60,75,79H,6-8,10,12-14,16,18-20,22,24-26,28,30-44,46-47,49-51,53,55-57,59,61-74H2,1-5H3/p+1/b11-9-,17-15-,23-21-,29-27-,48-45-,54-52-,60-58-. The molecule has 0 aromatic carbocycles. The molecule has 0 heterocycles. The van der Waals surface area contributed by atoms with E-state index in [0.29, 0.717) is 23.9 Å². The van der Waals surface area contributed by atoms with Crippen molar-refractivity contribution in [2.45, 2.75) is 354 Å². The zero-order valence-electron chi connectivity index (χ0n) is 58.4. The molecule has 0 aromatic heterocycles. The van der Waals surface area contributed by atoms with E-state index in [1.165, 1.54) is 225 Å². The number of quaternary nitrogens is 1. The van der Waals surface area contributed by atoms with Crippen molar-refractivity contribution >= 4 is 17.9 Å². The Morgan fingerprint density at radius 2 is 0.648 bits per heavy atom. The third kappa shape index (κ3) is 69.9. The second kappa shape index (κ2) is 69.4. The molecule has 0 rings (SSSR count). The van der Waals surface area contributed by atoms with Gasteiger partial charge in [0.15, 0.2) is 6.10 Å². The maximum atomic E-state index is 12.9. The molecule has 510 valence electrons. The highest BCUT2D eigenvalue weighted by Gasteiger charge is 2.25. The number of ether oxygens (including phenoxy) is 4. The number of allylic oxidation sites excluding steroid dienone is 14. The van der Waals surface area contributed by atoms with E-state index in [1.807, 2.05) is 21.1 Å². The van der Waals surface area contributed by atoms with Crippen LogP contribution in [-0.4, -0.2) is 87.4 Å². The average molecular weight is 1230 g/mol. The van der Waals surface area contributed by atoms with Gasteiger partial charge in [-0.2, -0.15) is 0 Å². The number of nitrogens with zero attached hydrogens (tertiary/aromatic N) is 1. The normalized spacial score (nSPS) is 13.1. The molecule has 0 spiro atoms. The maximum absolute atomic E-state index is 12.9. The van der Waals surface area contributed by atoms with E-state index in [-0.39, 0.29) is 32.2 Å². The molecule has 0 aliphatic rings. The molecule has 2 unspecified atom stereocenters. The summed E-state index contributed by atoms with van der Waals surface area (Å²) < 4.78 is 22.9. The highest BCUT2D eigenvalue weighted by Crippen LogP contribution is 2.19. The van der Waals surface area contributed by atoms with Crippen molar-refractivity contribution in [1.82, 2.24) is 0 Å². The van der Waals surface area contributed by atoms with Gasteiger partial charge in [0.2, 0.25) is 0 Å². The number of carboxylic acid groups (broad SMARTS) is 1. The average Bonchev–Trinajstić information content (AvgIpc) is 3.62. The summed E-state index contributed by atoms with van der Waals surface area (Å²) in [5.41, 5.74) is 0. The minimum Gasteiger partial charge on any atom is -0.477 e. The number of aliphatic carboxylic acids is 1. The van der Waals surface area contributed by atoms with E-state index in [2.05, 4.69) is 98.9 Å². The van der Waals surface area contributed by atoms with E-state index in [0.717, 1.165) is 83.5 Å². The third-order valence-corrected chi connectivity index (χ3v) is 16.4. The fourth-order valence-corrected chi connectivity index (χ4v) is 10.8. The number of likely N-dealkylation sites (N-methyl/N-ethyl adjacent to an activating group) is 1. The Kier molecular flexibility index (Phi) is 66.6. The van der Waals surface area contributed by atoms with E-state index >= 15 is 0 Å². The Morgan fingerprint density at radius 1 is 0.352 bits per heavy atom. The van der Waals surface area contributed by atoms with Gasteiger partial charge >= 0.3 is 17.9 Å². The van der Waals surface area contributed by atoms with Gasteiger partial charge in [0, 0.05) is 12.8 Å². The van der Waals surface area contributed by atoms with Crippen LogP contribution in [0.5, 0.6) is 0 Å². The second-order valence-corrected chi connectivity index (χ2v) is 26.2. The van der Waals surface area contributed by atoms with Crippen LogP contribution >= 0.6 is 0 Å². The van der Waals surface area contributed by atoms with Crippen molar-refractivity contribution in [3.63, 3.8) is 0 Å².